The van der Waals surface area contributed by atoms with Crippen molar-refractivity contribution < 1.29 is 14.6 Å². The minimum absolute atomic E-state index is 0.119. The van der Waals surface area contributed by atoms with Crippen molar-refractivity contribution in [2.24, 2.45) is 0 Å². The summed E-state index contributed by atoms with van der Waals surface area (Å²) in [6, 6.07) is 7.76. The minimum atomic E-state index is -0.713. The molecule has 1 amide bonds. The largest absolute Gasteiger partial charge is 0.497 e. The quantitative estimate of drug-likeness (QED) is 0.898. The van der Waals surface area contributed by atoms with Gasteiger partial charge in [0.05, 0.1) is 12.7 Å². The molecule has 1 aliphatic rings. The molecule has 0 saturated carbocycles. The Morgan fingerprint density at radius 2 is 2.11 bits per heavy atom. The summed E-state index contributed by atoms with van der Waals surface area (Å²) in [6.07, 6.45) is 1.88. The molecule has 1 saturated heterocycles. The molecule has 4 nitrogen and oxygen atoms in total. The lowest BCUT2D eigenvalue weighted by molar-refractivity contribution is -0.131. The summed E-state index contributed by atoms with van der Waals surface area (Å²) in [7, 11) is 1.64. The standard InChI is InChI=1S/C15H21NO3/c1-15(18)9-10-16(11-15)14(17)8-5-12-3-6-13(19-2)7-4-12/h3-4,6-7,18H,5,8-11H2,1-2H3. The van der Waals surface area contributed by atoms with Gasteiger partial charge in [0.15, 0.2) is 0 Å². The average Bonchev–Trinajstić information content (AvgIpc) is 2.77. The summed E-state index contributed by atoms with van der Waals surface area (Å²) < 4.78 is 5.10. The topological polar surface area (TPSA) is 49.8 Å². The van der Waals surface area contributed by atoms with Crippen molar-refractivity contribution in [1.29, 1.82) is 0 Å². The molecule has 1 N–H and O–H groups in total. The highest BCUT2D eigenvalue weighted by Crippen LogP contribution is 2.21. The molecule has 1 atom stereocenters. The number of β-amino-alcohol motifs (C(OH)–C–C–N with tert-alkyl or cyclic N) is 1. The zero-order valence-electron chi connectivity index (χ0n) is 11.6. The third-order valence-corrected chi connectivity index (χ3v) is 3.59. The van der Waals surface area contributed by atoms with Crippen LogP contribution in [-0.2, 0) is 11.2 Å². The molecule has 104 valence electrons. The van der Waals surface area contributed by atoms with E-state index in [1.54, 1.807) is 18.9 Å². The van der Waals surface area contributed by atoms with Gasteiger partial charge in [-0.3, -0.25) is 4.79 Å². The van der Waals surface area contributed by atoms with Gasteiger partial charge < -0.3 is 14.7 Å². The van der Waals surface area contributed by atoms with Crippen molar-refractivity contribution in [3.8, 4) is 5.75 Å². The van der Waals surface area contributed by atoms with Crippen LogP contribution in [0.5, 0.6) is 5.75 Å². The van der Waals surface area contributed by atoms with Crippen LogP contribution in [0.4, 0.5) is 0 Å². The average molecular weight is 263 g/mol. The van der Waals surface area contributed by atoms with E-state index < -0.39 is 5.60 Å². The van der Waals surface area contributed by atoms with Crippen LogP contribution in [0.25, 0.3) is 0 Å². The Morgan fingerprint density at radius 1 is 1.42 bits per heavy atom. The number of hydrogen-bond acceptors (Lipinski definition) is 3. The van der Waals surface area contributed by atoms with Gasteiger partial charge in [-0.05, 0) is 37.5 Å². The Labute approximate surface area is 114 Å². The third kappa shape index (κ3) is 3.70. The van der Waals surface area contributed by atoms with Crippen molar-refractivity contribution in [3.05, 3.63) is 29.8 Å². The van der Waals surface area contributed by atoms with Gasteiger partial charge in [0, 0.05) is 19.5 Å². The first-order valence-corrected chi connectivity index (χ1v) is 6.63. The highest BCUT2D eigenvalue weighted by molar-refractivity contribution is 5.76. The second-order valence-corrected chi connectivity index (χ2v) is 5.41. The molecule has 1 unspecified atom stereocenters. The highest BCUT2D eigenvalue weighted by atomic mass is 16.5. The van der Waals surface area contributed by atoms with Gasteiger partial charge in [0.1, 0.15) is 5.75 Å². The third-order valence-electron chi connectivity index (χ3n) is 3.59. The van der Waals surface area contributed by atoms with Gasteiger partial charge in [0.2, 0.25) is 5.91 Å². The molecule has 1 aromatic carbocycles. The molecule has 19 heavy (non-hydrogen) atoms. The van der Waals surface area contributed by atoms with Crippen LogP contribution in [0.2, 0.25) is 0 Å². The number of ether oxygens (including phenoxy) is 1. The van der Waals surface area contributed by atoms with Crippen molar-refractivity contribution in [2.45, 2.75) is 31.8 Å². The normalized spacial score (nSPS) is 22.6. The fraction of sp³-hybridized carbons (Fsp3) is 0.533. The van der Waals surface area contributed by atoms with Gasteiger partial charge >= 0.3 is 0 Å². The Morgan fingerprint density at radius 3 is 2.63 bits per heavy atom. The molecular weight excluding hydrogens is 242 g/mol. The van der Waals surface area contributed by atoms with E-state index in [2.05, 4.69) is 0 Å². The van der Waals surface area contributed by atoms with E-state index in [0.717, 1.165) is 17.7 Å². The number of aryl methyl sites for hydroxylation is 1. The molecule has 0 bridgehead atoms. The van der Waals surface area contributed by atoms with Crippen LogP contribution in [0, 0.1) is 0 Å². The zero-order valence-corrected chi connectivity index (χ0v) is 11.6. The molecule has 1 fully saturated rings. The lowest BCUT2D eigenvalue weighted by atomic mass is 10.1. The molecule has 4 heteroatoms. The molecule has 0 aliphatic carbocycles. The zero-order chi connectivity index (χ0) is 13.9. The second-order valence-electron chi connectivity index (χ2n) is 5.41. The minimum Gasteiger partial charge on any atom is -0.497 e. The van der Waals surface area contributed by atoms with Crippen molar-refractivity contribution in [2.75, 3.05) is 20.2 Å². The Bertz CT molecular complexity index is 439. The van der Waals surface area contributed by atoms with Crippen molar-refractivity contribution in [3.63, 3.8) is 0 Å². The molecule has 1 heterocycles. The van der Waals surface area contributed by atoms with Crippen LogP contribution in [0.1, 0.15) is 25.3 Å². The fourth-order valence-electron chi connectivity index (χ4n) is 2.36. The number of carbonyl (C=O) groups is 1. The van der Waals surface area contributed by atoms with E-state index in [1.165, 1.54) is 0 Å². The van der Waals surface area contributed by atoms with E-state index in [-0.39, 0.29) is 5.91 Å². The first kappa shape index (κ1) is 13.9. The number of hydrogen-bond donors (Lipinski definition) is 1. The van der Waals surface area contributed by atoms with Crippen LogP contribution >= 0.6 is 0 Å². The molecule has 0 spiro atoms. The summed E-state index contributed by atoms with van der Waals surface area (Å²) in [6.45, 7) is 2.90. The first-order chi connectivity index (χ1) is 9.00. The maximum atomic E-state index is 12.0. The SMILES string of the molecule is COc1ccc(CCC(=O)N2CCC(C)(O)C2)cc1. The van der Waals surface area contributed by atoms with E-state index in [4.69, 9.17) is 4.74 Å². The molecule has 0 aromatic heterocycles. The van der Waals surface area contributed by atoms with Gasteiger partial charge in [0.25, 0.3) is 0 Å². The van der Waals surface area contributed by atoms with Gasteiger partial charge in [-0.25, -0.2) is 0 Å². The molecular formula is C15H21NO3. The highest BCUT2D eigenvalue weighted by Gasteiger charge is 2.33. The summed E-state index contributed by atoms with van der Waals surface area (Å²) in [5.41, 5.74) is 0.413. The second kappa shape index (κ2) is 5.61. The summed E-state index contributed by atoms with van der Waals surface area (Å²) in [5, 5.41) is 9.85. The number of rotatable bonds is 4. The van der Waals surface area contributed by atoms with Gasteiger partial charge in [-0.1, -0.05) is 12.1 Å². The molecule has 0 radical (unpaired) electrons. The molecule has 1 aliphatic heterocycles. The van der Waals surface area contributed by atoms with E-state index in [0.29, 0.717) is 25.9 Å². The number of methoxy groups -OCH3 is 1. The predicted molar refractivity (Wildman–Crippen MR) is 73.1 cm³/mol. The summed E-state index contributed by atoms with van der Waals surface area (Å²) >= 11 is 0. The summed E-state index contributed by atoms with van der Waals surface area (Å²) in [4.78, 5) is 13.8. The Hall–Kier alpha value is -1.55. The van der Waals surface area contributed by atoms with Crippen molar-refractivity contribution >= 4 is 5.91 Å². The smallest absolute Gasteiger partial charge is 0.223 e. The molecule has 2 rings (SSSR count). The maximum absolute atomic E-state index is 12.0. The van der Waals surface area contributed by atoms with Crippen molar-refractivity contribution in [1.82, 2.24) is 4.90 Å². The Kier molecular flexibility index (Phi) is 4.10. The number of nitrogens with zero attached hydrogens (tertiary/aromatic N) is 1. The number of carbonyl (C=O) groups excluding carboxylic acids is 1. The Balaban J connectivity index is 1.83. The fourth-order valence-corrected chi connectivity index (χ4v) is 2.36. The molecule has 1 aromatic rings. The number of benzene rings is 1. The number of likely N-dealkylation sites (tertiary alicyclic amines) is 1. The number of amides is 1. The lowest BCUT2D eigenvalue weighted by Crippen LogP contribution is -2.33. The van der Waals surface area contributed by atoms with Gasteiger partial charge in [-0.2, -0.15) is 0 Å². The predicted octanol–water partition coefficient (Wildman–Crippen LogP) is 1.61. The lowest BCUT2D eigenvalue weighted by Gasteiger charge is -2.19. The van der Waals surface area contributed by atoms with Crippen LogP contribution in [0.3, 0.4) is 0 Å². The first-order valence-electron chi connectivity index (χ1n) is 6.63. The van der Waals surface area contributed by atoms with Crippen LogP contribution in [0.15, 0.2) is 24.3 Å². The van der Waals surface area contributed by atoms with E-state index >= 15 is 0 Å². The van der Waals surface area contributed by atoms with E-state index in [1.807, 2.05) is 24.3 Å². The monoisotopic (exact) mass is 263 g/mol. The summed E-state index contributed by atoms with van der Waals surface area (Å²) in [5.74, 6) is 0.944. The van der Waals surface area contributed by atoms with Crippen LogP contribution in [-0.4, -0.2) is 41.7 Å². The number of aliphatic hydroxyl groups is 1. The van der Waals surface area contributed by atoms with E-state index in [9.17, 15) is 9.90 Å². The maximum Gasteiger partial charge on any atom is 0.223 e. The van der Waals surface area contributed by atoms with Gasteiger partial charge in [-0.15, -0.1) is 0 Å². The van der Waals surface area contributed by atoms with Crippen LogP contribution < -0.4 is 4.74 Å².